The standard InChI is InChI=1S/C23H21FN8O2S/c1-3-6-14-18(27-13-31-20(14)29-19(30-31)22-26-11-12-35-22)17(23(33)34-4-2)16-8-10-28-32(16)21-15(24)7-5-9-25-21/h5,7-13,17H,3-4,6H2,1-2H3. The van der Waals surface area contributed by atoms with E-state index in [-0.39, 0.29) is 12.4 Å². The van der Waals surface area contributed by atoms with Crippen LogP contribution in [0.4, 0.5) is 4.39 Å². The molecule has 0 saturated heterocycles. The van der Waals surface area contributed by atoms with Gasteiger partial charge in [0.2, 0.25) is 5.82 Å². The summed E-state index contributed by atoms with van der Waals surface area (Å²) in [5.41, 5.74) is 2.16. The molecule has 0 amide bonds. The Labute approximate surface area is 203 Å². The smallest absolute Gasteiger partial charge is 0.321 e. The van der Waals surface area contributed by atoms with E-state index in [1.165, 1.54) is 46.9 Å². The second-order valence-corrected chi connectivity index (χ2v) is 8.46. The molecular weight excluding hydrogens is 471 g/mol. The molecule has 0 fully saturated rings. The molecule has 1 unspecified atom stereocenters. The number of hydrogen-bond donors (Lipinski definition) is 0. The van der Waals surface area contributed by atoms with Crippen molar-refractivity contribution in [3.05, 3.63) is 71.3 Å². The Hall–Kier alpha value is -4.06. The van der Waals surface area contributed by atoms with Crippen molar-refractivity contribution < 1.29 is 13.9 Å². The average molecular weight is 493 g/mol. The Kier molecular flexibility index (Phi) is 6.27. The van der Waals surface area contributed by atoms with E-state index in [0.717, 1.165) is 12.0 Å². The average Bonchev–Trinajstić information content (AvgIpc) is 3.62. The van der Waals surface area contributed by atoms with Gasteiger partial charge < -0.3 is 4.74 Å². The normalized spacial score (nSPS) is 12.2. The van der Waals surface area contributed by atoms with E-state index in [1.54, 1.807) is 23.7 Å². The van der Waals surface area contributed by atoms with Gasteiger partial charge in [-0.3, -0.25) is 4.79 Å². The molecule has 0 radical (unpaired) electrons. The summed E-state index contributed by atoms with van der Waals surface area (Å²) < 4.78 is 22.9. The highest BCUT2D eigenvalue weighted by atomic mass is 32.1. The topological polar surface area (TPSA) is 113 Å². The van der Waals surface area contributed by atoms with E-state index in [0.29, 0.717) is 34.3 Å². The van der Waals surface area contributed by atoms with Gasteiger partial charge in [0.05, 0.1) is 18.0 Å². The molecular formula is C23H21FN8O2S. The molecule has 5 heterocycles. The summed E-state index contributed by atoms with van der Waals surface area (Å²) in [5.74, 6) is -1.62. The summed E-state index contributed by atoms with van der Waals surface area (Å²) in [4.78, 5) is 31.1. The van der Waals surface area contributed by atoms with Crippen molar-refractivity contribution in [3.63, 3.8) is 0 Å². The number of esters is 1. The van der Waals surface area contributed by atoms with Gasteiger partial charge in [-0.15, -0.1) is 16.4 Å². The minimum absolute atomic E-state index is 0.0200. The van der Waals surface area contributed by atoms with Crippen LogP contribution in [0.15, 0.2) is 48.5 Å². The van der Waals surface area contributed by atoms with Crippen LogP contribution in [0.5, 0.6) is 0 Å². The molecule has 178 valence electrons. The number of halogens is 1. The predicted octanol–water partition coefficient (Wildman–Crippen LogP) is 3.62. The SMILES string of the molecule is CCCc1c(C(C(=O)OCC)c2ccnn2-c2ncccc2F)ncn2nc(-c3nccs3)nc12. The third-order valence-electron chi connectivity index (χ3n) is 5.34. The number of thiazole rings is 1. The van der Waals surface area contributed by atoms with Gasteiger partial charge in [0, 0.05) is 29.5 Å². The minimum Gasteiger partial charge on any atom is -0.465 e. The van der Waals surface area contributed by atoms with E-state index >= 15 is 0 Å². The van der Waals surface area contributed by atoms with Gasteiger partial charge in [-0.2, -0.15) is 5.10 Å². The fourth-order valence-electron chi connectivity index (χ4n) is 3.92. The molecule has 12 heteroatoms. The summed E-state index contributed by atoms with van der Waals surface area (Å²) >= 11 is 1.43. The van der Waals surface area contributed by atoms with Crippen LogP contribution in [-0.4, -0.2) is 51.9 Å². The fraction of sp³-hybridized carbons (Fsp3) is 0.261. The summed E-state index contributed by atoms with van der Waals surface area (Å²) in [6.45, 7) is 3.93. The maximum Gasteiger partial charge on any atom is 0.321 e. The molecule has 35 heavy (non-hydrogen) atoms. The second kappa shape index (κ2) is 9.66. The van der Waals surface area contributed by atoms with Crippen LogP contribution in [0.25, 0.3) is 22.3 Å². The lowest BCUT2D eigenvalue weighted by Gasteiger charge is -2.19. The lowest BCUT2D eigenvalue weighted by molar-refractivity contribution is -0.144. The number of rotatable bonds is 8. The van der Waals surface area contributed by atoms with E-state index in [1.807, 2.05) is 12.3 Å². The zero-order chi connectivity index (χ0) is 24.4. The number of hydrogen-bond acceptors (Lipinski definition) is 9. The van der Waals surface area contributed by atoms with Crippen molar-refractivity contribution in [2.45, 2.75) is 32.6 Å². The van der Waals surface area contributed by atoms with Gasteiger partial charge >= 0.3 is 5.97 Å². The molecule has 0 aliphatic carbocycles. The number of nitrogens with zero attached hydrogens (tertiary/aromatic N) is 8. The maximum absolute atomic E-state index is 14.6. The lowest BCUT2D eigenvalue weighted by Crippen LogP contribution is -2.24. The maximum atomic E-state index is 14.6. The highest BCUT2D eigenvalue weighted by Crippen LogP contribution is 2.32. The number of aryl methyl sites for hydroxylation is 1. The molecule has 0 saturated carbocycles. The van der Waals surface area contributed by atoms with Gasteiger partial charge in [-0.25, -0.2) is 33.5 Å². The van der Waals surface area contributed by atoms with Crippen molar-refractivity contribution in [2.24, 2.45) is 0 Å². The van der Waals surface area contributed by atoms with E-state index in [4.69, 9.17) is 9.72 Å². The molecule has 0 bridgehead atoms. The highest BCUT2D eigenvalue weighted by molar-refractivity contribution is 7.13. The molecule has 5 aromatic rings. The monoisotopic (exact) mass is 492 g/mol. The van der Waals surface area contributed by atoms with E-state index in [9.17, 15) is 9.18 Å². The third kappa shape index (κ3) is 4.16. The second-order valence-electron chi connectivity index (χ2n) is 7.56. The summed E-state index contributed by atoms with van der Waals surface area (Å²) in [6, 6.07) is 4.42. The van der Waals surface area contributed by atoms with Gasteiger partial charge in [-0.1, -0.05) is 13.3 Å². The van der Waals surface area contributed by atoms with Gasteiger partial charge in [0.25, 0.3) is 0 Å². The first kappa shape index (κ1) is 22.7. The predicted molar refractivity (Wildman–Crippen MR) is 126 cm³/mol. The zero-order valence-corrected chi connectivity index (χ0v) is 19.8. The van der Waals surface area contributed by atoms with E-state index < -0.39 is 17.7 Å². The van der Waals surface area contributed by atoms with Crippen molar-refractivity contribution >= 4 is 23.0 Å². The van der Waals surface area contributed by atoms with Crippen LogP contribution in [0, 0.1) is 5.82 Å². The van der Waals surface area contributed by atoms with Gasteiger partial charge in [0.15, 0.2) is 22.3 Å². The summed E-state index contributed by atoms with van der Waals surface area (Å²) in [5, 5.41) is 11.3. The first-order valence-electron chi connectivity index (χ1n) is 11.1. The highest BCUT2D eigenvalue weighted by Gasteiger charge is 2.33. The molecule has 0 spiro atoms. The number of carbonyl (C=O) groups excluding carboxylic acids is 1. The molecule has 10 nitrogen and oxygen atoms in total. The molecule has 1 atom stereocenters. The van der Waals surface area contributed by atoms with Crippen molar-refractivity contribution in [3.8, 4) is 16.6 Å². The Morgan fingerprint density at radius 1 is 1.17 bits per heavy atom. The van der Waals surface area contributed by atoms with Crippen LogP contribution >= 0.6 is 11.3 Å². The van der Waals surface area contributed by atoms with Gasteiger partial charge in [0.1, 0.15) is 12.2 Å². The number of aromatic nitrogens is 8. The third-order valence-corrected chi connectivity index (χ3v) is 6.11. The lowest BCUT2D eigenvalue weighted by atomic mass is 9.95. The number of ether oxygens (including phenoxy) is 1. The summed E-state index contributed by atoms with van der Waals surface area (Å²) in [7, 11) is 0. The number of pyridine rings is 1. The molecule has 0 aliphatic heterocycles. The van der Waals surface area contributed by atoms with Gasteiger partial charge in [-0.05, 0) is 31.5 Å². The Morgan fingerprint density at radius 2 is 2.06 bits per heavy atom. The van der Waals surface area contributed by atoms with Crippen LogP contribution < -0.4 is 0 Å². The van der Waals surface area contributed by atoms with Crippen LogP contribution in [-0.2, 0) is 16.0 Å². The Bertz CT molecular complexity index is 1480. The zero-order valence-electron chi connectivity index (χ0n) is 19.0. The quantitative estimate of drug-likeness (QED) is 0.302. The minimum atomic E-state index is -0.981. The summed E-state index contributed by atoms with van der Waals surface area (Å²) in [6.07, 6.45) is 7.53. The van der Waals surface area contributed by atoms with Crippen LogP contribution in [0.2, 0.25) is 0 Å². The van der Waals surface area contributed by atoms with Crippen LogP contribution in [0.1, 0.15) is 43.1 Å². The van der Waals surface area contributed by atoms with Crippen molar-refractivity contribution in [1.29, 1.82) is 0 Å². The first-order chi connectivity index (χ1) is 17.1. The largest absolute Gasteiger partial charge is 0.465 e. The fourth-order valence-corrected chi connectivity index (χ4v) is 4.49. The molecule has 0 N–H and O–H groups in total. The molecule has 0 aliphatic rings. The molecule has 5 aromatic heterocycles. The Morgan fingerprint density at radius 3 is 2.80 bits per heavy atom. The molecule has 0 aromatic carbocycles. The van der Waals surface area contributed by atoms with Crippen LogP contribution in [0.3, 0.4) is 0 Å². The van der Waals surface area contributed by atoms with Crippen molar-refractivity contribution in [2.75, 3.05) is 6.61 Å². The first-order valence-corrected chi connectivity index (χ1v) is 12.0. The van der Waals surface area contributed by atoms with E-state index in [2.05, 4.69) is 25.1 Å². The number of fused-ring (bicyclic) bond motifs is 1. The van der Waals surface area contributed by atoms with Crippen molar-refractivity contribution in [1.82, 2.24) is 39.3 Å². The molecule has 5 rings (SSSR count). The Balaban J connectivity index is 1.71. The number of carbonyl (C=O) groups is 1.